The molecule has 2 aromatic carbocycles. The van der Waals surface area contributed by atoms with Crippen molar-refractivity contribution >= 4 is 27.5 Å². The largest absolute Gasteiger partial charge is 0.354 e. The SMILES string of the molecule is CC[C@@H](C(=O)NCC(C)C)N(Cc1cccc(C)c1)C(=O)CN(c1ccc(C(C)(C)C)cc1)S(C)(=O)=O. The molecule has 0 aliphatic rings. The zero-order chi connectivity index (χ0) is 28.0. The molecule has 1 N–H and O–H groups in total. The zero-order valence-corrected chi connectivity index (χ0v) is 24.4. The van der Waals surface area contributed by atoms with E-state index in [1.165, 1.54) is 4.90 Å². The molecule has 0 aromatic heterocycles. The third kappa shape index (κ3) is 8.88. The van der Waals surface area contributed by atoms with Gasteiger partial charge >= 0.3 is 0 Å². The third-order valence-electron chi connectivity index (χ3n) is 6.21. The van der Waals surface area contributed by atoms with Crippen molar-refractivity contribution in [3.63, 3.8) is 0 Å². The summed E-state index contributed by atoms with van der Waals surface area (Å²) < 4.78 is 26.7. The summed E-state index contributed by atoms with van der Waals surface area (Å²) in [6.07, 6.45) is 1.50. The van der Waals surface area contributed by atoms with Crippen LogP contribution in [0.1, 0.15) is 64.7 Å². The number of benzene rings is 2. The van der Waals surface area contributed by atoms with Gasteiger partial charge in [-0.15, -0.1) is 0 Å². The highest BCUT2D eigenvalue weighted by Crippen LogP contribution is 2.26. The van der Waals surface area contributed by atoms with Gasteiger partial charge in [0.1, 0.15) is 12.6 Å². The Bertz CT molecular complexity index is 1170. The van der Waals surface area contributed by atoms with Crippen LogP contribution in [0.3, 0.4) is 0 Å². The highest BCUT2D eigenvalue weighted by molar-refractivity contribution is 7.92. The van der Waals surface area contributed by atoms with Crippen LogP contribution in [0, 0.1) is 12.8 Å². The topological polar surface area (TPSA) is 86.8 Å². The lowest BCUT2D eigenvalue weighted by Crippen LogP contribution is -2.52. The first-order chi connectivity index (χ1) is 17.1. The number of nitrogens with one attached hydrogen (secondary N) is 1. The van der Waals surface area contributed by atoms with E-state index < -0.39 is 28.5 Å². The molecule has 0 fully saturated rings. The lowest BCUT2D eigenvalue weighted by atomic mass is 9.87. The number of carbonyl (C=O) groups excluding carboxylic acids is 2. The lowest BCUT2D eigenvalue weighted by Gasteiger charge is -2.33. The van der Waals surface area contributed by atoms with Crippen molar-refractivity contribution in [1.82, 2.24) is 10.2 Å². The standard InChI is InChI=1S/C29H43N3O4S/c1-9-26(28(34)30-18-21(2)3)31(19-23-12-10-11-22(4)17-23)27(33)20-32(37(8,35)36)25-15-13-24(14-16-25)29(5,6)7/h10-17,21,26H,9,18-20H2,1-8H3,(H,30,34)/t26-/m0/s1. The highest BCUT2D eigenvalue weighted by atomic mass is 32.2. The number of rotatable bonds is 11. The number of sulfonamides is 1. The van der Waals surface area contributed by atoms with Gasteiger partial charge < -0.3 is 10.2 Å². The van der Waals surface area contributed by atoms with Crippen molar-refractivity contribution in [1.29, 1.82) is 0 Å². The maximum atomic E-state index is 13.8. The van der Waals surface area contributed by atoms with Crippen LogP contribution in [0.4, 0.5) is 5.69 Å². The van der Waals surface area contributed by atoms with Crippen LogP contribution in [0.15, 0.2) is 48.5 Å². The van der Waals surface area contributed by atoms with Crippen molar-refractivity contribution in [2.75, 3.05) is 23.7 Å². The monoisotopic (exact) mass is 529 g/mol. The minimum atomic E-state index is -3.76. The normalized spacial score (nSPS) is 12.8. The summed E-state index contributed by atoms with van der Waals surface area (Å²) in [6.45, 7) is 14.4. The number of nitrogens with zero attached hydrogens (tertiary/aromatic N) is 2. The molecule has 1 atom stereocenters. The Morgan fingerprint density at radius 3 is 2.14 bits per heavy atom. The van der Waals surface area contributed by atoms with Gasteiger partial charge in [-0.3, -0.25) is 13.9 Å². The number of aryl methyl sites for hydroxylation is 1. The Kier molecular flexibility index (Phi) is 10.3. The molecule has 0 saturated carbocycles. The van der Waals surface area contributed by atoms with Crippen LogP contribution in [-0.4, -0.2) is 50.5 Å². The van der Waals surface area contributed by atoms with Crippen molar-refractivity contribution in [2.45, 2.75) is 72.9 Å². The van der Waals surface area contributed by atoms with Gasteiger partial charge in [-0.05, 0) is 47.9 Å². The van der Waals surface area contributed by atoms with E-state index in [1.54, 1.807) is 12.1 Å². The molecule has 8 heteroatoms. The fraction of sp³-hybridized carbons (Fsp3) is 0.517. The number of hydrogen-bond donors (Lipinski definition) is 1. The van der Waals surface area contributed by atoms with E-state index in [0.717, 1.165) is 27.3 Å². The van der Waals surface area contributed by atoms with E-state index >= 15 is 0 Å². The average molecular weight is 530 g/mol. The molecule has 2 amide bonds. The minimum Gasteiger partial charge on any atom is -0.354 e. The van der Waals surface area contributed by atoms with Crippen LogP contribution in [-0.2, 0) is 31.6 Å². The second-order valence-electron chi connectivity index (χ2n) is 11.1. The van der Waals surface area contributed by atoms with E-state index in [9.17, 15) is 18.0 Å². The molecule has 204 valence electrons. The molecule has 2 aromatic rings. The van der Waals surface area contributed by atoms with Gasteiger partial charge in [0.2, 0.25) is 21.8 Å². The summed E-state index contributed by atoms with van der Waals surface area (Å²) in [6, 6.07) is 14.3. The summed E-state index contributed by atoms with van der Waals surface area (Å²) in [5.41, 5.74) is 3.30. The van der Waals surface area contributed by atoms with Gasteiger partial charge in [-0.25, -0.2) is 8.42 Å². The molecule has 0 heterocycles. The Morgan fingerprint density at radius 2 is 1.65 bits per heavy atom. The molecule has 0 radical (unpaired) electrons. The molecule has 7 nitrogen and oxygen atoms in total. The quantitative estimate of drug-likeness (QED) is 0.460. The molecule has 0 spiro atoms. The molecular formula is C29H43N3O4S. The first-order valence-electron chi connectivity index (χ1n) is 12.8. The smallest absolute Gasteiger partial charge is 0.244 e. The fourth-order valence-corrected chi connectivity index (χ4v) is 4.94. The van der Waals surface area contributed by atoms with E-state index in [4.69, 9.17) is 0 Å². The second-order valence-corrected chi connectivity index (χ2v) is 13.0. The summed E-state index contributed by atoms with van der Waals surface area (Å²) >= 11 is 0. The van der Waals surface area contributed by atoms with Gasteiger partial charge in [0.25, 0.3) is 0 Å². The van der Waals surface area contributed by atoms with Crippen molar-refractivity contribution in [3.05, 3.63) is 65.2 Å². The summed E-state index contributed by atoms with van der Waals surface area (Å²) in [4.78, 5) is 28.4. The number of amides is 2. The Labute approximate surface area is 223 Å². The maximum absolute atomic E-state index is 13.8. The number of anilines is 1. The van der Waals surface area contributed by atoms with Crippen LogP contribution in [0.25, 0.3) is 0 Å². The molecule has 0 aliphatic heterocycles. The van der Waals surface area contributed by atoms with Crippen LogP contribution in [0.5, 0.6) is 0 Å². The molecular weight excluding hydrogens is 486 g/mol. The fourth-order valence-electron chi connectivity index (χ4n) is 4.09. The van der Waals surface area contributed by atoms with Gasteiger partial charge in [0, 0.05) is 13.1 Å². The van der Waals surface area contributed by atoms with Crippen molar-refractivity contribution in [3.8, 4) is 0 Å². The second kappa shape index (κ2) is 12.6. The van der Waals surface area contributed by atoms with E-state index in [1.807, 2.05) is 64.1 Å². The van der Waals surface area contributed by atoms with Crippen LogP contribution >= 0.6 is 0 Å². The summed E-state index contributed by atoms with van der Waals surface area (Å²) in [5, 5.41) is 2.94. The Hall–Kier alpha value is -2.87. The first-order valence-corrected chi connectivity index (χ1v) is 14.7. The van der Waals surface area contributed by atoms with E-state index in [-0.39, 0.29) is 23.8 Å². The molecule has 0 unspecified atom stereocenters. The van der Waals surface area contributed by atoms with Crippen LogP contribution < -0.4 is 9.62 Å². The first kappa shape index (κ1) is 30.4. The molecule has 0 bridgehead atoms. The predicted octanol–water partition coefficient (Wildman–Crippen LogP) is 4.64. The van der Waals surface area contributed by atoms with E-state index in [2.05, 4.69) is 26.1 Å². The molecule has 0 saturated heterocycles. The third-order valence-corrected chi connectivity index (χ3v) is 7.35. The lowest BCUT2D eigenvalue weighted by molar-refractivity contribution is -0.140. The Balaban J connectivity index is 2.43. The zero-order valence-electron chi connectivity index (χ0n) is 23.5. The Morgan fingerprint density at radius 1 is 1.03 bits per heavy atom. The highest BCUT2D eigenvalue weighted by Gasteiger charge is 2.32. The molecule has 37 heavy (non-hydrogen) atoms. The molecule has 0 aliphatic carbocycles. The van der Waals surface area contributed by atoms with E-state index in [0.29, 0.717) is 18.7 Å². The number of hydrogen-bond acceptors (Lipinski definition) is 4. The predicted molar refractivity (Wildman–Crippen MR) is 151 cm³/mol. The number of carbonyl (C=O) groups is 2. The van der Waals surface area contributed by atoms with Gasteiger partial charge in [-0.2, -0.15) is 0 Å². The van der Waals surface area contributed by atoms with Gasteiger partial charge in [0.05, 0.1) is 11.9 Å². The van der Waals surface area contributed by atoms with Crippen LogP contribution in [0.2, 0.25) is 0 Å². The maximum Gasteiger partial charge on any atom is 0.244 e. The molecule has 2 rings (SSSR count). The summed E-state index contributed by atoms with van der Waals surface area (Å²) in [5.74, 6) is -0.407. The van der Waals surface area contributed by atoms with Crippen molar-refractivity contribution in [2.24, 2.45) is 5.92 Å². The van der Waals surface area contributed by atoms with Gasteiger partial charge in [0.15, 0.2) is 0 Å². The summed E-state index contributed by atoms with van der Waals surface area (Å²) in [7, 11) is -3.76. The average Bonchev–Trinajstić information content (AvgIpc) is 2.79. The van der Waals surface area contributed by atoms with Gasteiger partial charge in [-0.1, -0.05) is 83.5 Å². The van der Waals surface area contributed by atoms with Crippen molar-refractivity contribution < 1.29 is 18.0 Å². The minimum absolute atomic E-state index is 0.0907.